The number of carbonyl (C=O) groups excluding carboxylic acids is 1. The van der Waals surface area contributed by atoms with Crippen LogP contribution in [0.15, 0.2) is 30.3 Å². The standard InChI is InChI=1S/C7H8O.CH6N4O/c1-8-7-5-3-2-4-6-7;2-4-1(6)5-3/h2-6H,1H3;2-3H2,(H2,4,5,6). The van der Waals surface area contributed by atoms with Crippen molar-refractivity contribution in [2.45, 2.75) is 0 Å². The van der Waals surface area contributed by atoms with Crippen molar-refractivity contribution >= 4 is 6.03 Å². The Kier molecular flexibility index (Phi) is 6.84. The maximum Gasteiger partial charge on any atom is 0.343 e. The predicted octanol–water partition coefficient (Wildman–Crippen LogP) is -0.272. The molecule has 0 fully saturated rings. The van der Waals surface area contributed by atoms with Crippen molar-refractivity contribution in [3.63, 3.8) is 0 Å². The number of nitrogens with one attached hydrogen (secondary N) is 2. The van der Waals surface area contributed by atoms with Gasteiger partial charge in [0.05, 0.1) is 7.11 Å². The second-order valence-corrected chi connectivity index (χ2v) is 2.13. The highest BCUT2D eigenvalue weighted by Gasteiger charge is 1.83. The molecule has 0 heterocycles. The minimum atomic E-state index is -0.602. The first-order valence-corrected chi connectivity index (χ1v) is 3.80. The van der Waals surface area contributed by atoms with Gasteiger partial charge in [-0.05, 0) is 12.1 Å². The molecule has 0 bridgehead atoms. The Balaban J connectivity index is 0.000000255. The van der Waals surface area contributed by atoms with Crippen LogP contribution in [-0.2, 0) is 0 Å². The minimum absolute atomic E-state index is 0.602. The molecule has 78 valence electrons. The Labute approximate surface area is 82.2 Å². The van der Waals surface area contributed by atoms with Crippen molar-refractivity contribution < 1.29 is 9.53 Å². The van der Waals surface area contributed by atoms with Gasteiger partial charge in [-0.25, -0.2) is 16.5 Å². The van der Waals surface area contributed by atoms with Gasteiger partial charge in [-0.2, -0.15) is 0 Å². The van der Waals surface area contributed by atoms with Gasteiger partial charge in [0.1, 0.15) is 5.75 Å². The van der Waals surface area contributed by atoms with E-state index in [0.717, 1.165) is 5.75 Å². The Morgan fingerprint density at radius 3 is 1.93 bits per heavy atom. The van der Waals surface area contributed by atoms with Crippen LogP contribution in [0.3, 0.4) is 0 Å². The van der Waals surface area contributed by atoms with Gasteiger partial charge in [0.15, 0.2) is 0 Å². The molecule has 0 aliphatic carbocycles. The summed E-state index contributed by atoms with van der Waals surface area (Å²) >= 11 is 0. The van der Waals surface area contributed by atoms with Crippen molar-refractivity contribution in [1.82, 2.24) is 10.9 Å². The van der Waals surface area contributed by atoms with Gasteiger partial charge in [-0.3, -0.25) is 10.9 Å². The second-order valence-electron chi connectivity index (χ2n) is 2.13. The predicted molar refractivity (Wildman–Crippen MR) is 53.0 cm³/mol. The molecule has 14 heavy (non-hydrogen) atoms. The number of hydrogen-bond donors (Lipinski definition) is 4. The van der Waals surface area contributed by atoms with Crippen LogP contribution < -0.4 is 27.3 Å². The quantitative estimate of drug-likeness (QED) is 0.283. The molecule has 1 rings (SSSR count). The summed E-state index contributed by atoms with van der Waals surface area (Å²) in [6, 6.07) is 9.08. The Morgan fingerprint density at radius 1 is 1.21 bits per heavy atom. The van der Waals surface area contributed by atoms with Gasteiger partial charge in [0, 0.05) is 0 Å². The van der Waals surface area contributed by atoms with Crippen molar-refractivity contribution in [2.24, 2.45) is 11.7 Å². The number of rotatable bonds is 1. The summed E-state index contributed by atoms with van der Waals surface area (Å²) in [5.41, 5.74) is 3.48. The summed E-state index contributed by atoms with van der Waals surface area (Å²) in [6.45, 7) is 0. The van der Waals surface area contributed by atoms with Crippen molar-refractivity contribution in [3.05, 3.63) is 30.3 Å². The largest absolute Gasteiger partial charge is 0.497 e. The highest BCUT2D eigenvalue weighted by Crippen LogP contribution is 2.05. The fourth-order valence-corrected chi connectivity index (χ4v) is 0.598. The molecule has 0 saturated carbocycles. The lowest BCUT2D eigenvalue weighted by molar-refractivity contribution is 0.241. The molecule has 0 atom stereocenters. The van der Waals surface area contributed by atoms with E-state index in [9.17, 15) is 4.79 Å². The molecular weight excluding hydrogens is 184 g/mol. The number of benzene rings is 1. The fraction of sp³-hybridized carbons (Fsp3) is 0.125. The summed E-state index contributed by atoms with van der Waals surface area (Å²) in [4.78, 5) is 9.71. The molecule has 1 aromatic carbocycles. The Bertz CT molecular complexity index is 247. The molecule has 0 aliphatic rings. The van der Waals surface area contributed by atoms with Crippen LogP contribution in [0.2, 0.25) is 0 Å². The van der Waals surface area contributed by atoms with E-state index in [1.54, 1.807) is 18.0 Å². The average Bonchev–Trinajstić information content (AvgIpc) is 2.30. The van der Waals surface area contributed by atoms with E-state index in [1.807, 2.05) is 30.3 Å². The lowest BCUT2D eigenvalue weighted by atomic mass is 10.3. The number of hydrazine groups is 2. The lowest BCUT2D eigenvalue weighted by Gasteiger charge is -1.93. The third-order valence-electron chi connectivity index (χ3n) is 1.24. The fourth-order valence-electron chi connectivity index (χ4n) is 0.598. The summed E-state index contributed by atoms with van der Waals surface area (Å²) in [5.74, 6) is 9.99. The van der Waals surface area contributed by atoms with Gasteiger partial charge >= 0.3 is 6.03 Å². The van der Waals surface area contributed by atoms with E-state index in [0.29, 0.717) is 0 Å². The zero-order valence-corrected chi connectivity index (χ0v) is 7.86. The molecule has 0 unspecified atom stereocenters. The molecule has 0 radical (unpaired) electrons. The molecule has 0 saturated heterocycles. The highest BCUT2D eigenvalue weighted by molar-refractivity contribution is 5.72. The summed E-state index contributed by atoms with van der Waals surface area (Å²) in [6.07, 6.45) is 0. The first-order valence-electron chi connectivity index (χ1n) is 3.80. The van der Waals surface area contributed by atoms with E-state index in [1.165, 1.54) is 0 Å². The first kappa shape index (κ1) is 12.2. The number of carbonyl (C=O) groups is 1. The van der Waals surface area contributed by atoms with Crippen LogP contribution in [0.1, 0.15) is 0 Å². The lowest BCUT2D eigenvalue weighted by Crippen LogP contribution is -2.43. The molecule has 6 heteroatoms. The van der Waals surface area contributed by atoms with E-state index in [2.05, 4.69) is 11.7 Å². The van der Waals surface area contributed by atoms with Crippen LogP contribution >= 0.6 is 0 Å². The number of amides is 2. The van der Waals surface area contributed by atoms with Gasteiger partial charge < -0.3 is 4.74 Å². The van der Waals surface area contributed by atoms with Gasteiger partial charge in [0.2, 0.25) is 0 Å². The number of methoxy groups -OCH3 is 1. The summed E-state index contributed by atoms with van der Waals surface area (Å²) in [7, 11) is 1.66. The average molecular weight is 198 g/mol. The maximum absolute atomic E-state index is 9.71. The molecule has 0 aliphatic heterocycles. The molecule has 6 N–H and O–H groups in total. The zero-order chi connectivity index (χ0) is 10.8. The molecule has 1 aromatic rings. The van der Waals surface area contributed by atoms with E-state index >= 15 is 0 Å². The normalized spacial score (nSPS) is 7.93. The number of nitrogens with two attached hydrogens (primary N) is 2. The first-order chi connectivity index (χ1) is 6.74. The smallest absolute Gasteiger partial charge is 0.343 e. The minimum Gasteiger partial charge on any atom is -0.497 e. The topological polar surface area (TPSA) is 102 Å². The van der Waals surface area contributed by atoms with Gasteiger partial charge in [0.25, 0.3) is 0 Å². The van der Waals surface area contributed by atoms with Crippen molar-refractivity contribution in [2.75, 3.05) is 7.11 Å². The van der Waals surface area contributed by atoms with Crippen LogP contribution in [0.4, 0.5) is 4.79 Å². The van der Waals surface area contributed by atoms with Crippen LogP contribution in [-0.4, -0.2) is 13.1 Å². The second kappa shape index (κ2) is 7.84. The summed E-state index contributed by atoms with van der Waals surface area (Å²) < 4.78 is 4.91. The number of para-hydroxylation sites is 1. The number of hydrogen-bond acceptors (Lipinski definition) is 4. The van der Waals surface area contributed by atoms with Crippen LogP contribution in [0, 0.1) is 0 Å². The van der Waals surface area contributed by atoms with Crippen molar-refractivity contribution in [1.29, 1.82) is 0 Å². The third kappa shape index (κ3) is 5.81. The number of urea groups is 1. The molecule has 6 nitrogen and oxygen atoms in total. The van der Waals surface area contributed by atoms with E-state index in [-0.39, 0.29) is 0 Å². The highest BCUT2D eigenvalue weighted by atomic mass is 16.5. The Morgan fingerprint density at radius 2 is 1.71 bits per heavy atom. The van der Waals surface area contributed by atoms with Crippen molar-refractivity contribution in [3.8, 4) is 5.75 Å². The third-order valence-corrected chi connectivity index (χ3v) is 1.24. The summed E-state index contributed by atoms with van der Waals surface area (Å²) in [5, 5.41) is 0. The zero-order valence-electron chi connectivity index (χ0n) is 7.86. The number of ether oxygens (including phenoxy) is 1. The van der Waals surface area contributed by atoms with Gasteiger partial charge in [-0.1, -0.05) is 18.2 Å². The molecular formula is C8H14N4O2. The van der Waals surface area contributed by atoms with Gasteiger partial charge in [-0.15, -0.1) is 0 Å². The van der Waals surface area contributed by atoms with Crippen LogP contribution in [0.25, 0.3) is 0 Å². The molecule has 2 amide bonds. The Hall–Kier alpha value is -1.79. The molecule has 0 spiro atoms. The van der Waals surface area contributed by atoms with E-state index < -0.39 is 6.03 Å². The molecule has 0 aromatic heterocycles. The SMILES string of the molecule is COc1ccccc1.NNC(=O)NN. The maximum atomic E-state index is 9.71. The van der Waals surface area contributed by atoms with E-state index in [4.69, 9.17) is 4.74 Å². The monoisotopic (exact) mass is 198 g/mol. The van der Waals surface area contributed by atoms with Crippen LogP contribution in [0.5, 0.6) is 5.75 Å².